The van der Waals surface area contributed by atoms with Crippen LogP contribution in [-0.4, -0.2) is 43.0 Å². The van der Waals surface area contributed by atoms with E-state index < -0.39 is 10.8 Å². The molecule has 3 N–H and O–H groups in total. The lowest BCUT2D eigenvalue weighted by Gasteiger charge is -2.28. The number of non-ortho nitro benzene ring substituents is 1. The van der Waals surface area contributed by atoms with Crippen molar-refractivity contribution >= 4 is 23.2 Å². The number of hydrogen-bond donors (Lipinski definition) is 2. The second-order valence-corrected chi connectivity index (χ2v) is 4.67. The van der Waals surface area contributed by atoms with Crippen LogP contribution in [0, 0.1) is 10.1 Å². The zero-order chi connectivity index (χ0) is 16.1. The van der Waals surface area contributed by atoms with E-state index in [1.165, 1.54) is 23.1 Å². The minimum absolute atomic E-state index is 0.175. The molecule has 1 aromatic carbocycles. The molecule has 0 aliphatic carbocycles. The van der Waals surface area contributed by atoms with Gasteiger partial charge in [-0.05, 0) is 19.0 Å². The highest BCUT2D eigenvalue weighted by Gasteiger charge is 2.29. The molecule has 0 fully saturated rings. The van der Waals surface area contributed by atoms with E-state index in [4.69, 9.17) is 10.5 Å². The first-order chi connectivity index (χ1) is 10.5. The number of carbonyl (C=O) groups is 2. The van der Waals surface area contributed by atoms with Crippen LogP contribution in [0.15, 0.2) is 18.2 Å². The molecule has 0 saturated carbocycles. The van der Waals surface area contributed by atoms with Gasteiger partial charge in [-0.15, -0.1) is 0 Å². The number of benzene rings is 1. The average Bonchev–Trinajstić information content (AvgIpc) is 2.50. The van der Waals surface area contributed by atoms with E-state index in [-0.39, 0.29) is 30.4 Å². The average molecular weight is 308 g/mol. The molecule has 1 aliphatic rings. The maximum absolute atomic E-state index is 11.9. The van der Waals surface area contributed by atoms with Crippen molar-refractivity contribution in [2.45, 2.75) is 6.42 Å². The summed E-state index contributed by atoms with van der Waals surface area (Å²) < 4.78 is 5.22. The smallest absolute Gasteiger partial charge is 0.271 e. The Kier molecular flexibility index (Phi) is 4.89. The van der Waals surface area contributed by atoms with Gasteiger partial charge in [0.15, 0.2) is 6.61 Å². The third-order valence-corrected chi connectivity index (χ3v) is 3.10. The van der Waals surface area contributed by atoms with Crippen LogP contribution in [-0.2, 0) is 9.59 Å². The van der Waals surface area contributed by atoms with E-state index in [9.17, 15) is 19.7 Å². The van der Waals surface area contributed by atoms with Crippen LogP contribution in [0.4, 0.5) is 11.4 Å². The number of nitrogens with zero attached hydrogens (tertiary/aromatic N) is 2. The summed E-state index contributed by atoms with van der Waals surface area (Å²) in [5.41, 5.74) is 5.38. The molecule has 0 atom stereocenters. The highest BCUT2D eigenvalue weighted by Crippen LogP contribution is 2.34. The van der Waals surface area contributed by atoms with E-state index in [1.807, 2.05) is 0 Å². The quantitative estimate of drug-likeness (QED) is 0.425. The molecule has 9 heteroatoms. The van der Waals surface area contributed by atoms with Crippen molar-refractivity contribution in [3.8, 4) is 5.75 Å². The number of carbonyl (C=O) groups excluding carboxylic acids is 2. The molecule has 1 aliphatic heterocycles. The minimum Gasteiger partial charge on any atom is -0.482 e. The van der Waals surface area contributed by atoms with Crippen LogP contribution in [0.1, 0.15) is 6.42 Å². The molecule has 0 spiro atoms. The van der Waals surface area contributed by atoms with E-state index in [2.05, 4.69) is 5.32 Å². The van der Waals surface area contributed by atoms with Crippen LogP contribution < -0.4 is 20.7 Å². The number of anilines is 1. The van der Waals surface area contributed by atoms with Gasteiger partial charge in [0.1, 0.15) is 12.3 Å². The fraction of sp³-hybridized carbons (Fsp3) is 0.385. The summed E-state index contributed by atoms with van der Waals surface area (Å²) in [4.78, 5) is 35.2. The van der Waals surface area contributed by atoms with Crippen LogP contribution in [0.25, 0.3) is 0 Å². The number of nitro benzene ring substituents is 1. The Hall–Kier alpha value is -2.68. The van der Waals surface area contributed by atoms with Gasteiger partial charge in [0.05, 0.1) is 10.6 Å². The Balaban J connectivity index is 2.17. The number of nitrogens with one attached hydrogen (secondary N) is 1. The van der Waals surface area contributed by atoms with Crippen molar-refractivity contribution in [1.82, 2.24) is 5.32 Å². The lowest BCUT2D eigenvalue weighted by Crippen LogP contribution is -2.45. The van der Waals surface area contributed by atoms with Crippen LogP contribution in [0.5, 0.6) is 5.75 Å². The summed E-state index contributed by atoms with van der Waals surface area (Å²) in [5.74, 6) is -0.455. The fourth-order valence-corrected chi connectivity index (χ4v) is 2.01. The van der Waals surface area contributed by atoms with E-state index >= 15 is 0 Å². The Bertz CT molecular complexity index is 604. The Labute approximate surface area is 126 Å². The lowest BCUT2D eigenvalue weighted by molar-refractivity contribution is -0.384. The van der Waals surface area contributed by atoms with Gasteiger partial charge in [-0.1, -0.05) is 0 Å². The molecule has 0 saturated heterocycles. The van der Waals surface area contributed by atoms with Gasteiger partial charge in [0.25, 0.3) is 11.6 Å². The predicted molar refractivity (Wildman–Crippen MR) is 77.6 cm³/mol. The van der Waals surface area contributed by atoms with Gasteiger partial charge in [-0.25, -0.2) is 0 Å². The largest absolute Gasteiger partial charge is 0.482 e. The Morgan fingerprint density at radius 3 is 2.95 bits per heavy atom. The monoisotopic (exact) mass is 308 g/mol. The van der Waals surface area contributed by atoms with Gasteiger partial charge in [0.2, 0.25) is 5.91 Å². The topological polar surface area (TPSA) is 128 Å². The number of fused-ring (bicyclic) bond motifs is 1. The van der Waals surface area contributed by atoms with Crippen molar-refractivity contribution < 1.29 is 19.2 Å². The van der Waals surface area contributed by atoms with Gasteiger partial charge in [-0.3, -0.25) is 24.6 Å². The van der Waals surface area contributed by atoms with Crippen molar-refractivity contribution in [1.29, 1.82) is 0 Å². The van der Waals surface area contributed by atoms with Crippen molar-refractivity contribution in [2.24, 2.45) is 5.73 Å². The maximum Gasteiger partial charge on any atom is 0.271 e. The summed E-state index contributed by atoms with van der Waals surface area (Å²) in [7, 11) is 0. The first-order valence-electron chi connectivity index (χ1n) is 6.71. The van der Waals surface area contributed by atoms with E-state index in [0.717, 1.165) is 0 Å². The molecule has 0 bridgehead atoms. The van der Waals surface area contributed by atoms with Crippen molar-refractivity contribution in [3.05, 3.63) is 28.3 Å². The molecule has 118 valence electrons. The lowest BCUT2D eigenvalue weighted by atomic mass is 10.2. The highest BCUT2D eigenvalue weighted by molar-refractivity contribution is 6.02. The molecular weight excluding hydrogens is 292 g/mol. The molecule has 1 aromatic rings. The SMILES string of the molecule is NCCCNC(=O)CN1C(=O)COc2ccc([N+](=O)[O-])cc21. The van der Waals surface area contributed by atoms with Crippen LogP contribution in [0.3, 0.4) is 0 Å². The molecule has 1 heterocycles. The molecule has 2 amide bonds. The number of nitrogens with two attached hydrogens (primary N) is 1. The van der Waals surface area contributed by atoms with E-state index in [1.54, 1.807) is 0 Å². The summed E-state index contributed by atoms with van der Waals surface area (Å²) in [6.45, 7) is 0.434. The molecule has 22 heavy (non-hydrogen) atoms. The maximum atomic E-state index is 11.9. The minimum atomic E-state index is -0.571. The van der Waals surface area contributed by atoms with Crippen molar-refractivity contribution in [2.75, 3.05) is 31.1 Å². The molecule has 0 aromatic heterocycles. The summed E-state index contributed by atoms with van der Waals surface area (Å²) >= 11 is 0. The molecule has 0 radical (unpaired) electrons. The third kappa shape index (κ3) is 3.50. The number of hydrogen-bond acceptors (Lipinski definition) is 6. The van der Waals surface area contributed by atoms with E-state index in [0.29, 0.717) is 25.3 Å². The molecule has 0 unspecified atom stereocenters. The van der Waals surface area contributed by atoms with Crippen LogP contribution in [0.2, 0.25) is 0 Å². The second-order valence-electron chi connectivity index (χ2n) is 4.67. The van der Waals surface area contributed by atoms with Crippen LogP contribution >= 0.6 is 0 Å². The van der Waals surface area contributed by atoms with Gasteiger partial charge < -0.3 is 15.8 Å². The highest BCUT2D eigenvalue weighted by atomic mass is 16.6. The second kappa shape index (κ2) is 6.85. The summed E-state index contributed by atoms with van der Waals surface area (Å²) in [5, 5.41) is 13.5. The number of nitro groups is 1. The normalized spacial score (nSPS) is 13.3. The summed E-state index contributed by atoms with van der Waals surface area (Å²) in [6.07, 6.45) is 0.630. The molecule has 9 nitrogen and oxygen atoms in total. The molecule has 2 rings (SSSR count). The standard InChI is InChI=1S/C13H16N4O5/c14-4-1-5-15-12(18)7-16-10-6-9(17(20)21)2-3-11(10)22-8-13(16)19/h2-3,6H,1,4-5,7-8,14H2,(H,15,18). The number of rotatable bonds is 6. The first-order valence-corrected chi connectivity index (χ1v) is 6.71. The number of amides is 2. The Morgan fingerprint density at radius 2 is 2.27 bits per heavy atom. The predicted octanol–water partition coefficient (Wildman–Crippen LogP) is -0.215. The Morgan fingerprint density at radius 1 is 1.50 bits per heavy atom. The number of ether oxygens (including phenoxy) is 1. The first kappa shape index (κ1) is 15.7. The van der Waals surface area contributed by atoms with Gasteiger partial charge >= 0.3 is 0 Å². The van der Waals surface area contributed by atoms with Crippen molar-refractivity contribution in [3.63, 3.8) is 0 Å². The molecular formula is C13H16N4O5. The fourth-order valence-electron chi connectivity index (χ4n) is 2.01. The zero-order valence-corrected chi connectivity index (χ0v) is 11.8. The zero-order valence-electron chi connectivity index (χ0n) is 11.8. The van der Waals surface area contributed by atoms with Gasteiger partial charge in [0, 0.05) is 18.7 Å². The third-order valence-electron chi connectivity index (χ3n) is 3.10. The summed E-state index contributed by atoms with van der Waals surface area (Å²) in [6, 6.07) is 3.92. The van der Waals surface area contributed by atoms with Gasteiger partial charge in [-0.2, -0.15) is 0 Å².